The van der Waals surface area contributed by atoms with Crippen molar-refractivity contribution in [3.8, 4) is 6.07 Å². The van der Waals surface area contributed by atoms with E-state index in [0.717, 1.165) is 5.56 Å². The third-order valence-corrected chi connectivity index (χ3v) is 4.95. The maximum absolute atomic E-state index is 12.5. The SMILES string of the molecule is Cc1ccc(S(=O)(=O)C(C#N)=Cc2ccccc2Cl)cc1. The van der Waals surface area contributed by atoms with Crippen molar-refractivity contribution in [1.29, 1.82) is 5.26 Å². The van der Waals surface area contributed by atoms with Crippen molar-refractivity contribution in [2.24, 2.45) is 0 Å². The molecule has 106 valence electrons. The van der Waals surface area contributed by atoms with E-state index in [-0.39, 0.29) is 9.80 Å². The van der Waals surface area contributed by atoms with Crippen molar-refractivity contribution in [3.05, 3.63) is 69.6 Å². The second kappa shape index (κ2) is 6.13. The standard InChI is InChI=1S/C16H12ClNO2S/c1-12-6-8-14(9-7-12)21(19,20)15(11-18)10-13-4-2-3-5-16(13)17/h2-10H,1H3. The predicted molar refractivity (Wildman–Crippen MR) is 83.4 cm³/mol. The summed E-state index contributed by atoms with van der Waals surface area (Å²) >= 11 is 5.99. The number of benzene rings is 2. The Morgan fingerprint density at radius 1 is 1.14 bits per heavy atom. The van der Waals surface area contributed by atoms with Crippen LogP contribution in [0.3, 0.4) is 0 Å². The molecular weight excluding hydrogens is 306 g/mol. The van der Waals surface area contributed by atoms with Gasteiger partial charge in [0, 0.05) is 5.02 Å². The molecule has 0 spiro atoms. The molecule has 2 aromatic rings. The van der Waals surface area contributed by atoms with Crippen molar-refractivity contribution in [2.45, 2.75) is 11.8 Å². The quantitative estimate of drug-likeness (QED) is 0.804. The molecule has 3 nitrogen and oxygen atoms in total. The second-order valence-electron chi connectivity index (χ2n) is 4.46. The highest BCUT2D eigenvalue weighted by Crippen LogP contribution is 2.24. The third kappa shape index (κ3) is 3.33. The summed E-state index contributed by atoms with van der Waals surface area (Å²) in [5.41, 5.74) is 1.44. The molecule has 2 rings (SSSR count). The van der Waals surface area contributed by atoms with Crippen LogP contribution in [-0.2, 0) is 9.84 Å². The van der Waals surface area contributed by atoms with Gasteiger partial charge in [-0.25, -0.2) is 8.42 Å². The average molecular weight is 318 g/mol. The van der Waals surface area contributed by atoms with E-state index in [1.807, 2.05) is 6.92 Å². The lowest BCUT2D eigenvalue weighted by Crippen LogP contribution is -2.03. The van der Waals surface area contributed by atoms with Crippen LogP contribution in [0.1, 0.15) is 11.1 Å². The van der Waals surface area contributed by atoms with Crippen LogP contribution in [-0.4, -0.2) is 8.42 Å². The van der Waals surface area contributed by atoms with Crippen LogP contribution in [0, 0.1) is 18.3 Å². The third-order valence-electron chi connectivity index (χ3n) is 2.92. The number of rotatable bonds is 3. The van der Waals surface area contributed by atoms with Gasteiger partial charge < -0.3 is 0 Å². The summed E-state index contributed by atoms with van der Waals surface area (Å²) in [6, 6.07) is 14.9. The highest BCUT2D eigenvalue weighted by molar-refractivity contribution is 7.95. The van der Waals surface area contributed by atoms with Gasteiger partial charge in [0.05, 0.1) is 4.90 Å². The van der Waals surface area contributed by atoms with E-state index in [1.54, 1.807) is 42.5 Å². The van der Waals surface area contributed by atoms with E-state index < -0.39 is 9.84 Å². The smallest absolute Gasteiger partial charge is 0.216 e. The van der Waals surface area contributed by atoms with Crippen LogP contribution in [0.25, 0.3) is 6.08 Å². The predicted octanol–water partition coefficient (Wildman–Crippen LogP) is 3.99. The normalized spacial score (nSPS) is 12.0. The molecule has 5 heteroatoms. The van der Waals surface area contributed by atoms with Gasteiger partial charge in [0.1, 0.15) is 11.0 Å². The van der Waals surface area contributed by atoms with Gasteiger partial charge in [-0.2, -0.15) is 5.26 Å². The van der Waals surface area contributed by atoms with Crippen LogP contribution in [0.5, 0.6) is 0 Å². The topological polar surface area (TPSA) is 57.9 Å². The van der Waals surface area contributed by atoms with E-state index >= 15 is 0 Å². The zero-order chi connectivity index (χ0) is 15.5. The van der Waals surface area contributed by atoms with Crippen molar-refractivity contribution < 1.29 is 8.42 Å². The highest BCUT2D eigenvalue weighted by Gasteiger charge is 2.20. The monoisotopic (exact) mass is 317 g/mol. The van der Waals surface area contributed by atoms with E-state index in [2.05, 4.69) is 0 Å². The van der Waals surface area contributed by atoms with Gasteiger partial charge in [0.2, 0.25) is 9.84 Å². The molecule has 2 aromatic carbocycles. The Morgan fingerprint density at radius 2 is 1.76 bits per heavy atom. The Balaban J connectivity index is 2.53. The number of hydrogen-bond donors (Lipinski definition) is 0. The second-order valence-corrected chi connectivity index (χ2v) is 6.78. The van der Waals surface area contributed by atoms with Crippen LogP contribution >= 0.6 is 11.6 Å². The Bertz CT molecular complexity index is 831. The van der Waals surface area contributed by atoms with Crippen molar-refractivity contribution >= 4 is 27.5 Å². The fourth-order valence-electron chi connectivity index (χ4n) is 1.75. The van der Waals surface area contributed by atoms with Gasteiger partial charge in [-0.05, 0) is 36.8 Å². The number of sulfone groups is 1. The number of allylic oxidation sites excluding steroid dienone is 1. The largest absolute Gasteiger partial charge is 0.218 e. The molecule has 0 saturated carbocycles. The lowest BCUT2D eigenvalue weighted by molar-refractivity contribution is 0.603. The molecule has 0 aliphatic rings. The molecular formula is C16H12ClNO2S. The lowest BCUT2D eigenvalue weighted by atomic mass is 10.2. The van der Waals surface area contributed by atoms with Crippen molar-refractivity contribution in [2.75, 3.05) is 0 Å². The van der Waals surface area contributed by atoms with Crippen LogP contribution in [0.15, 0.2) is 58.3 Å². The molecule has 0 amide bonds. The van der Waals surface area contributed by atoms with Crippen molar-refractivity contribution in [3.63, 3.8) is 0 Å². The zero-order valence-electron chi connectivity index (χ0n) is 11.2. The Hall–Kier alpha value is -2.09. The Morgan fingerprint density at radius 3 is 2.33 bits per heavy atom. The first-order valence-corrected chi connectivity index (χ1v) is 7.99. The molecule has 0 saturated heterocycles. The summed E-state index contributed by atoms with van der Waals surface area (Å²) in [6.07, 6.45) is 1.29. The molecule has 0 unspecified atom stereocenters. The van der Waals surface area contributed by atoms with E-state index in [4.69, 9.17) is 11.6 Å². The van der Waals surface area contributed by atoms with Crippen molar-refractivity contribution in [1.82, 2.24) is 0 Å². The summed E-state index contributed by atoms with van der Waals surface area (Å²) in [6.45, 7) is 1.86. The number of nitrogens with zero attached hydrogens (tertiary/aromatic N) is 1. The molecule has 0 N–H and O–H groups in total. The summed E-state index contributed by atoms with van der Waals surface area (Å²) in [4.78, 5) is -0.243. The summed E-state index contributed by atoms with van der Waals surface area (Å²) < 4.78 is 24.9. The first kappa shape index (κ1) is 15.3. The van der Waals surface area contributed by atoms with E-state index in [0.29, 0.717) is 10.6 Å². The van der Waals surface area contributed by atoms with Gasteiger partial charge in [-0.15, -0.1) is 0 Å². The van der Waals surface area contributed by atoms with Crippen LogP contribution in [0.4, 0.5) is 0 Å². The maximum atomic E-state index is 12.5. The van der Waals surface area contributed by atoms with Crippen LogP contribution < -0.4 is 0 Å². The number of nitriles is 1. The Labute approximate surface area is 129 Å². The van der Waals surface area contributed by atoms with E-state index in [1.165, 1.54) is 18.2 Å². The minimum Gasteiger partial charge on any atom is -0.218 e. The summed E-state index contributed by atoms with van der Waals surface area (Å²) in [7, 11) is -3.84. The molecule has 0 fully saturated rings. The van der Waals surface area contributed by atoms with Gasteiger partial charge in [0.25, 0.3) is 0 Å². The Kier molecular flexibility index (Phi) is 4.46. The highest BCUT2D eigenvalue weighted by atomic mass is 35.5. The lowest BCUT2D eigenvalue weighted by Gasteiger charge is -2.04. The molecule has 0 aliphatic heterocycles. The molecule has 21 heavy (non-hydrogen) atoms. The first-order valence-electron chi connectivity index (χ1n) is 6.13. The van der Waals surface area contributed by atoms with Gasteiger partial charge in [-0.1, -0.05) is 47.5 Å². The maximum Gasteiger partial charge on any atom is 0.216 e. The van der Waals surface area contributed by atoms with Gasteiger partial charge in [0.15, 0.2) is 0 Å². The van der Waals surface area contributed by atoms with Crippen LogP contribution in [0.2, 0.25) is 5.02 Å². The molecule has 0 radical (unpaired) electrons. The zero-order valence-corrected chi connectivity index (χ0v) is 12.8. The number of hydrogen-bond acceptors (Lipinski definition) is 3. The van der Waals surface area contributed by atoms with Gasteiger partial charge in [-0.3, -0.25) is 0 Å². The average Bonchev–Trinajstić information content (AvgIpc) is 2.46. The molecule has 0 aromatic heterocycles. The molecule has 0 aliphatic carbocycles. The number of aryl methyl sites for hydroxylation is 1. The minimum absolute atomic E-state index is 0.0907. The summed E-state index contributed by atoms with van der Waals surface area (Å²) in [5, 5.41) is 9.58. The summed E-state index contributed by atoms with van der Waals surface area (Å²) in [5.74, 6) is 0. The fourth-order valence-corrected chi connectivity index (χ4v) is 3.09. The molecule has 0 atom stereocenters. The molecule has 0 bridgehead atoms. The molecule has 0 heterocycles. The number of halogens is 1. The minimum atomic E-state index is -3.84. The van der Waals surface area contributed by atoms with E-state index in [9.17, 15) is 13.7 Å². The van der Waals surface area contributed by atoms with Gasteiger partial charge >= 0.3 is 0 Å². The first-order chi connectivity index (χ1) is 9.95. The fraction of sp³-hybridized carbons (Fsp3) is 0.0625.